The lowest BCUT2D eigenvalue weighted by molar-refractivity contribution is 0.0694. The van der Waals surface area contributed by atoms with Gasteiger partial charge >= 0.3 is 12.0 Å². The number of benzene rings is 1. The zero-order valence-electron chi connectivity index (χ0n) is 8.36. The maximum absolute atomic E-state index is 10.9. The zero-order chi connectivity index (χ0) is 11.5. The number of tetrazole rings is 1. The highest BCUT2D eigenvalue weighted by Crippen LogP contribution is 2.22. The van der Waals surface area contributed by atoms with Crippen molar-refractivity contribution < 1.29 is 14.6 Å². The van der Waals surface area contributed by atoms with Crippen LogP contribution in [-0.2, 0) is 7.05 Å². The molecule has 7 nitrogen and oxygen atoms in total. The van der Waals surface area contributed by atoms with Crippen molar-refractivity contribution in [3.8, 4) is 11.8 Å². The van der Waals surface area contributed by atoms with Crippen LogP contribution in [0.5, 0.6) is 11.8 Å². The molecule has 1 N–H and O–H groups in total. The molecule has 0 unspecified atom stereocenters. The van der Waals surface area contributed by atoms with E-state index in [9.17, 15) is 4.79 Å². The van der Waals surface area contributed by atoms with Crippen LogP contribution in [0.2, 0.25) is 0 Å². The van der Waals surface area contributed by atoms with E-state index in [1.807, 2.05) is 0 Å². The number of para-hydroxylation sites is 1. The summed E-state index contributed by atoms with van der Waals surface area (Å²) >= 11 is 0. The molecule has 0 saturated carbocycles. The first kappa shape index (κ1) is 10.1. The summed E-state index contributed by atoms with van der Waals surface area (Å²) < 4.78 is 6.59. The largest absolute Gasteiger partial charge is 0.478 e. The van der Waals surface area contributed by atoms with Crippen LogP contribution in [0.3, 0.4) is 0 Å². The fourth-order valence-corrected chi connectivity index (χ4v) is 1.14. The summed E-state index contributed by atoms with van der Waals surface area (Å²) in [4.78, 5) is 10.9. The molecule has 0 fully saturated rings. The van der Waals surface area contributed by atoms with Gasteiger partial charge in [0, 0.05) is 7.05 Å². The van der Waals surface area contributed by atoms with Crippen molar-refractivity contribution in [1.82, 2.24) is 20.2 Å². The number of carboxylic acid groups (broad SMARTS) is 1. The van der Waals surface area contributed by atoms with E-state index in [4.69, 9.17) is 9.84 Å². The molecule has 1 aromatic carbocycles. The van der Waals surface area contributed by atoms with E-state index in [1.165, 1.54) is 16.8 Å². The second-order valence-electron chi connectivity index (χ2n) is 2.99. The Labute approximate surface area is 90.3 Å². The van der Waals surface area contributed by atoms with Crippen LogP contribution >= 0.6 is 0 Å². The van der Waals surface area contributed by atoms with Gasteiger partial charge in [-0.1, -0.05) is 17.2 Å². The van der Waals surface area contributed by atoms with Crippen molar-refractivity contribution in [3.63, 3.8) is 0 Å². The first-order chi connectivity index (χ1) is 7.68. The van der Waals surface area contributed by atoms with Crippen LogP contribution in [-0.4, -0.2) is 31.3 Å². The second-order valence-corrected chi connectivity index (χ2v) is 2.99. The third kappa shape index (κ3) is 1.83. The first-order valence-corrected chi connectivity index (χ1v) is 4.41. The lowest BCUT2D eigenvalue weighted by atomic mass is 10.2. The van der Waals surface area contributed by atoms with Crippen LogP contribution in [0.15, 0.2) is 24.3 Å². The van der Waals surface area contributed by atoms with Gasteiger partial charge in [-0.05, 0) is 22.6 Å². The normalized spacial score (nSPS) is 10.1. The number of aromatic carboxylic acids is 1. The van der Waals surface area contributed by atoms with Gasteiger partial charge in [-0.3, -0.25) is 0 Å². The number of aryl methyl sites for hydroxylation is 1. The van der Waals surface area contributed by atoms with Crippen LogP contribution in [0.1, 0.15) is 10.4 Å². The number of ether oxygens (including phenoxy) is 1. The maximum atomic E-state index is 10.9. The highest BCUT2D eigenvalue weighted by Gasteiger charge is 2.13. The van der Waals surface area contributed by atoms with Crippen molar-refractivity contribution in [3.05, 3.63) is 29.8 Å². The molecule has 0 amide bonds. The Bertz CT molecular complexity index is 523. The average molecular weight is 220 g/mol. The Hall–Kier alpha value is -2.44. The molecule has 1 aromatic heterocycles. The van der Waals surface area contributed by atoms with E-state index in [0.29, 0.717) is 0 Å². The molecule has 0 aliphatic heterocycles. The molecule has 16 heavy (non-hydrogen) atoms. The number of aromatic nitrogens is 4. The molecule has 0 bridgehead atoms. The summed E-state index contributed by atoms with van der Waals surface area (Å²) in [6, 6.07) is 6.41. The summed E-state index contributed by atoms with van der Waals surface area (Å²) in [5.41, 5.74) is 0.0606. The van der Waals surface area contributed by atoms with Crippen LogP contribution in [0, 0.1) is 0 Å². The standard InChI is InChI=1S/C9H8N4O3/c1-13-9(10-11-12-13)16-7-5-3-2-4-6(7)8(14)15/h2-5H,1H3,(H,14,15). The van der Waals surface area contributed by atoms with Gasteiger partial charge < -0.3 is 9.84 Å². The molecule has 2 aromatic rings. The molecule has 0 aliphatic rings. The molecular weight excluding hydrogens is 212 g/mol. The van der Waals surface area contributed by atoms with Crippen molar-refractivity contribution >= 4 is 5.97 Å². The van der Waals surface area contributed by atoms with Crippen molar-refractivity contribution in [2.75, 3.05) is 0 Å². The fraction of sp³-hybridized carbons (Fsp3) is 0.111. The van der Waals surface area contributed by atoms with Gasteiger partial charge in [-0.25, -0.2) is 4.79 Å². The Morgan fingerprint density at radius 2 is 2.19 bits per heavy atom. The van der Waals surface area contributed by atoms with Gasteiger partial charge in [-0.2, -0.15) is 4.68 Å². The number of hydrogen-bond donors (Lipinski definition) is 1. The molecule has 2 rings (SSSR count). The lowest BCUT2D eigenvalue weighted by Gasteiger charge is -2.05. The molecule has 0 spiro atoms. The quantitative estimate of drug-likeness (QED) is 0.818. The highest BCUT2D eigenvalue weighted by molar-refractivity contribution is 5.90. The fourth-order valence-electron chi connectivity index (χ4n) is 1.14. The van der Waals surface area contributed by atoms with Gasteiger partial charge in [0.2, 0.25) is 0 Å². The van der Waals surface area contributed by atoms with Crippen LogP contribution < -0.4 is 4.74 Å². The minimum Gasteiger partial charge on any atom is -0.478 e. The number of carboxylic acids is 1. The minimum atomic E-state index is -1.06. The smallest absolute Gasteiger partial charge is 0.340 e. The van der Waals surface area contributed by atoms with Crippen molar-refractivity contribution in [2.45, 2.75) is 0 Å². The predicted molar refractivity (Wildman–Crippen MR) is 52.3 cm³/mol. The Morgan fingerprint density at radius 1 is 1.44 bits per heavy atom. The van der Waals surface area contributed by atoms with E-state index in [1.54, 1.807) is 19.2 Å². The minimum absolute atomic E-state index is 0.0606. The van der Waals surface area contributed by atoms with Gasteiger partial charge in [0.05, 0.1) is 0 Å². The monoisotopic (exact) mass is 220 g/mol. The van der Waals surface area contributed by atoms with Gasteiger partial charge in [0.15, 0.2) is 0 Å². The van der Waals surface area contributed by atoms with E-state index in [2.05, 4.69) is 15.5 Å². The zero-order valence-corrected chi connectivity index (χ0v) is 8.36. The summed E-state index contributed by atoms with van der Waals surface area (Å²) in [5, 5.41) is 19.5. The van der Waals surface area contributed by atoms with Crippen LogP contribution in [0.25, 0.3) is 0 Å². The topological polar surface area (TPSA) is 90.1 Å². The molecular formula is C9H8N4O3. The first-order valence-electron chi connectivity index (χ1n) is 4.41. The van der Waals surface area contributed by atoms with Crippen molar-refractivity contribution in [1.29, 1.82) is 0 Å². The van der Waals surface area contributed by atoms with Crippen molar-refractivity contribution in [2.24, 2.45) is 7.05 Å². The van der Waals surface area contributed by atoms with E-state index in [0.717, 1.165) is 0 Å². The Morgan fingerprint density at radius 3 is 2.81 bits per heavy atom. The summed E-state index contributed by atoms with van der Waals surface area (Å²) in [5.74, 6) is -0.862. The number of carbonyl (C=O) groups is 1. The number of nitrogens with zero attached hydrogens (tertiary/aromatic N) is 4. The summed E-state index contributed by atoms with van der Waals surface area (Å²) in [6.07, 6.45) is 0. The predicted octanol–water partition coefficient (Wildman–Crippen LogP) is 0.701. The third-order valence-corrected chi connectivity index (χ3v) is 1.90. The highest BCUT2D eigenvalue weighted by atomic mass is 16.5. The summed E-state index contributed by atoms with van der Waals surface area (Å²) in [6.45, 7) is 0. The van der Waals surface area contributed by atoms with E-state index in [-0.39, 0.29) is 17.3 Å². The molecule has 1 heterocycles. The SMILES string of the molecule is Cn1nnnc1Oc1ccccc1C(=O)O. The molecule has 0 radical (unpaired) electrons. The lowest BCUT2D eigenvalue weighted by Crippen LogP contribution is -2.02. The molecule has 82 valence electrons. The van der Waals surface area contributed by atoms with Gasteiger partial charge in [0.25, 0.3) is 0 Å². The number of hydrogen-bond acceptors (Lipinski definition) is 5. The molecule has 0 atom stereocenters. The van der Waals surface area contributed by atoms with Gasteiger partial charge in [-0.15, -0.1) is 0 Å². The second kappa shape index (κ2) is 3.97. The Kier molecular flexibility index (Phi) is 2.50. The van der Waals surface area contributed by atoms with Gasteiger partial charge in [0.1, 0.15) is 11.3 Å². The number of rotatable bonds is 3. The van der Waals surface area contributed by atoms with Crippen LogP contribution in [0.4, 0.5) is 0 Å². The maximum Gasteiger partial charge on any atom is 0.340 e. The molecule has 7 heteroatoms. The third-order valence-electron chi connectivity index (χ3n) is 1.90. The average Bonchev–Trinajstić information content (AvgIpc) is 2.65. The Balaban J connectivity index is 2.35. The molecule has 0 saturated heterocycles. The van der Waals surface area contributed by atoms with E-state index >= 15 is 0 Å². The summed E-state index contributed by atoms with van der Waals surface area (Å²) in [7, 11) is 1.60. The van der Waals surface area contributed by atoms with E-state index < -0.39 is 5.97 Å². The molecule has 0 aliphatic carbocycles.